The molecule has 0 aliphatic carbocycles. The first-order valence-electron chi connectivity index (χ1n) is 5.97. The molecule has 0 amide bonds. The van der Waals surface area contributed by atoms with E-state index >= 15 is 0 Å². The standard InChI is InChI=1S/C12H8ClFN4O3/c1-2-9-10(16-21-15-9)11-17-20-12(19)18(11)6-3-4-8(14)7(13)5-6/h3-5H,2H2,1H3. The van der Waals surface area contributed by atoms with Gasteiger partial charge in [0.25, 0.3) is 0 Å². The van der Waals surface area contributed by atoms with Crippen LogP contribution < -0.4 is 5.76 Å². The monoisotopic (exact) mass is 310 g/mol. The van der Waals surface area contributed by atoms with E-state index < -0.39 is 11.6 Å². The highest BCUT2D eigenvalue weighted by atomic mass is 35.5. The third-order valence-electron chi connectivity index (χ3n) is 2.87. The zero-order valence-corrected chi connectivity index (χ0v) is 11.5. The summed E-state index contributed by atoms with van der Waals surface area (Å²) >= 11 is 5.73. The van der Waals surface area contributed by atoms with Crippen molar-refractivity contribution >= 4 is 11.6 Å². The number of nitrogens with zero attached hydrogens (tertiary/aromatic N) is 4. The van der Waals surface area contributed by atoms with E-state index in [0.29, 0.717) is 17.8 Å². The van der Waals surface area contributed by atoms with E-state index in [2.05, 4.69) is 24.6 Å². The van der Waals surface area contributed by atoms with E-state index in [4.69, 9.17) is 11.6 Å². The van der Waals surface area contributed by atoms with Gasteiger partial charge in [-0.05, 0) is 29.8 Å². The van der Waals surface area contributed by atoms with Gasteiger partial charge in [-0.25, -0.2) is 18.4 Å². The number of aromatic nitrogens is 4. The summed E-state index contributed by atoms with van der Waals surface area (Å²) in [5.41, 5.74) is 1.10. The van der Waals surface area contributed by atoms with Gasteiger partial charge >= 0.3 is 5.76 Å². The maximum absolute atomic E-state index is 13.2. The van der Waals surface area contributed by atoms with Gasteiger partial charge in [-0.15, -0.1) is 0 Å². The van der Waals surface area contributed by atoms with Crippen molar-refractivity contribution in [3.8, 4) is 17.2 Å². The van der Waals surface area contributed by atoms with Crippen LogP contribution in [-0.4, -0.2) is 20.0 Å². The first-order valence-corrected chi connectivity index (χ1v) is 6.35. The molecule has 2 aromatic heterocycles. The van der Waals surface area contributed by atoms with Crippen LogP contribution in [0.2, 0.25) is 5.02 Å². The molecule has 0 N–H and O–H groups in total. The average Bonchev–Trinajstić information content (AvgIpc) is 3.07. The Hall–Kier alpha value is -2.48. The lowest BCUT2D eigenvalue weighted by atomic mass is 10.2. The van der Waals surface area contributed by atoms with Crippen molar-refractivity contribution in [2.75, 3.05) is 0 Å². The molecule has 0 radical (unpaired) electrons. The molecule has 0 spiro atoms. The summed E-state index contributed by atoms with van der Waals surface area (Å²) in [5.74, 6) is -1.23. The molecule has 0 aliphatic rings. The summed E-state index contributed by atoms with van der Waals surface area (Å²) < 4.78 is 23.7. The Bertz CT molecular complexity index is 854. The summed E-state index contributed by atoms with van der Waals surface area (Å²) in [5, 5.41) is 11.0. The number of hydrogen-bond donors (Lipinski definition) is 0. The molecule has 0 aliphatic heterocycles. The second-order valence-electron chi connectivity index (χ2n) is 4.12. The van der Waals surface area contributed by atoms with Crippen LogP contribution in [-0.2, 0) is 6.42 Å². The Morgan fingerprint density at radius 3 is 2.86 bits per heavy atom. The minimum atomic E-state index is -0.752. The fraction of sp³-hybridized carbons (Fsp3) is 0.167. The molecule has 3 aromatic rings. The van der Waals surface area contributed by atoms with Crippen LogP contribution in [0.1, 0.15) is 12.6 Å². The maximum atomic E-state index is 13.2. The topological polar surface area (TPSA) is 87.0 Å². The highest BCUT2D eigenvalue weighted by molar-refractivity contribution is 6.30. The number of halogens is 2. The lowest BCUT2D eigenvalue weighted by Gasteiger charge is -2.04. The van der Waals surface area contributed by atoms with Gasteiger partial charge in [0.2, 0.25) is 5.82 Å². The van der Waals surface area contributed by atoms with Gasteiger partial charge in [0.1, 0.15) is 11.5 Å². The van der Waals surface area contributed by atoms with Gasteiger partial charge in [-0.2, -0.15) is 0 Å². The lowest BCUT2D eigenvalue weighted by Crippen LogP contribution is -2.13. The van der Waals surface area contributed by atoms with E-state index in [1.807, 2.05) is 6.92 Å². The van der Waals surface area contributed by atoms with E-state index in [-0.39, 0.29) is 16.5 Å². The van der Waals surface area contributed by atoms with E-state index in [1.54, 1.807) is 0 Å². The van der Waals surface area contributed by atoms with E-state index in [0.717, 1.165) is 10.6 Å². The maximum Gasteiger partial charge on any atom is 0.446 e. The van der Waals surface area contributed by atoms with Crippen molar-refractivity contribution in [2.45, 2.75) is 13.3 Å². The fourth-order valence-corrected chi connectivity index (χ4v) is 2.03. The summed E-state index contributed by atoms with van der Waals surface area (Å²) in [6, 6.07) is 3.81. The summed E-state index contributed by atoms with van der Waals surface area (Å²) in [7, 11) is 0. The SMILES string of the molecule is CCc1nonc1-c1noc(=O)n1-c1ccc(F)c(Cl)c1. The fourth-order valence-electron chi connectivity index (χ4n) is 1.86. The average molecular weight is 311 g/mol. The molecule has 108 valence electrons. The van der Waals surface area contributed by atoms with Crippen LogP contribution in [0.25, 0.3) is 17.2 Å². The number of benzene rings is 1. The minimum Gasteiger partial charge on any atom is -0.295 e. The van der Waals surface area contributed by atoms with Crippen molar-refractivity contribution in [1.82, 2.24) is 20.0 Å². The van der Waals surface area contributed by atoms with Gasteiger partial charge in [0.05, 0.1) is 10.7 Å². The van der Waals surface area contributed by atoms with Crippen LogP contribution >= 0.6 is 11.6 Å². The predicted molar refractivity (Wildman–Crippen MR) is 69.7 cm³/mol. The molecule has 0 saturated heterocycles. The van der Waals surface area contributed by atoms with Crippen molar-refractivity contribution in [3.05, 3.63) is 45.3 Å². The predicted octanol–water partition coefficient (Wildman–Crippen LogP) is 2.23. The quantitative estimate of drug-likeness (QED) is 0.737. The van der Waals surface area contributed by atoms with Crippen LogP contribution in [0, 0.1) is 5.82 Å². The van der Waals surface area contributed by atoms with Gasteiger partial charge in [0, 0.05) is 0 Å². The van der Waals surface area contributed by atoms with E-state index in [1.165, 1.54) is 12.1 Å². The summed E-state index contributed by atoms with van der Waals surface area (Å²) in [6.45, 7) is 1.85. The van der Waals surface area contributed by atoms with Gasteiger partial charge in [-0.1, -0.05) is 28.8 Å². The molecule has 0 unspecified atom stereocenters. The number of rotatable bonds is 3. The van der Waals surface area contributed by atoms with E-state index in [9.17, 15) is 9.18 Å². The first-order chi connectivity index (χ1) is 10.1. The Labute approximate surface area is 121 Å². The number of hydrogen-bond acceptors (Lipinski definition) is 6. The Morgan fingerprint density at radius 1 is 1.33 bits per heavy atom. The summed E-state index contributed by atoms with van der Waals surface area (Å²) in [6.07, 6.45) is 0.532. The molecule has 9 heteroatoms. The third kappa shape index (κ3) is 2.23. The Kier molecular flexibility index (Phi) is 3.30. The highest BCUT2D eigenvalue weighted by Crippen LogP contribution is 2.23. The molecule has 3 rings (SSSR count). The molecular formula is C12H8ClFN4O3. The van der Waals surface area contributed by atoms with Crippen LogP contribution in [0.4, 0.5) is 4.39 Å². The second kappa shape index (κ2) is 5.13. The third-order valence-corrected chi connectivity index (χ3v) is 3.16. The molecule has 2 heterocycles. The van der Waals surface area contributed by atoms with Crippen molar-refractivity contribution < 1.29 is 13.5 Å². The zero-order valence-electron chi connectivity index (χ0n) is 10.7. The van der Waals surface area contributed by atoms with Gasteiger partial charge < -0.3 is 0 Å². The smallest absolute Gasteiger partial charge is 0.295 e. The normalized spacial score (nSPS) is 11.0. The highest BCUT2D eigenvalue weighted by Gasteiger charge is 2.22. The second-order valence-corrected chi connectivity index (χ2v) is 4.53. The van der Waals surface area contributed by atoms with Crippen molar-refractivity contribution in [1.29, 1.82) is 0 Å². The molecule has 21 heavy (non-hydrogen) atoms. The molecule has 1 aromatic carbocycles. The Morgan fingerprint density at radius 2 is 2.14 bits per heavy atom. The molecule has 7 nitrogen and oxygen atoms in total. The van der Waals surface area contributed by atoms with Crippen LogP contribution in [0.5, 0.6) is 0 Å². The Balaban J connectivity index is 2.22. The molecule has 0 saturated carbocycles. The molecule has 0 bridgehead atoms. The first kappa shape index (κ1) is 13.5. The molecule has 0 atom stereocenters. The van der Waals surface area contributed by atoms with Crippen molar-refractivity contribution in [3.63, 3.8) is 0 Å². The largest absolute Gasteiger partial charge is 0.446 e. The number of aryl methyl sites for hydroxylation is 1. The minimum absolute atomic E-state index is 0.112. The summed E-state index contributed by atoms with van der Waals surface area (Å²) in [4.78, 5) is 11.8. The van der Waals surface area contributed by atoms with Crippen LogP contribution in [0.3, 0.4) is 0 Å². The molecule has 0 fully saturated rings. The van der Waals surface area contributed by atoms with Crippen LogP contribution in [0.15, 0.2) is 32.1 Å². The molecular weight excluding hydrogens is 303 g/mol. The lowest BCUT2D eigenvalue weighted by molar-refractivity contribution is 0.304. The van der Waals surface area contributed by atoms with Crippen molar-refractivity contribution in [2.24, 2.45) is 0 Å². The van der Waals surface area contributed by atoms with Gasteiger partial charge in [-0.3, -0.25) is 4.52 Å². The zero-order chi connectivity index (χ0) is 15.0. The van der Waals surface area contributed by atoms with Gasteiger partial charge in [0.15, 0.2) is 5.69 Å².